The molecule has 1 atom stereocenters. The first-order valence-electron chi connectivity index (χ1n) is 9.87. The van der Waals surface area contributed by atoms with Crippen LogP contribution in [0, 0.1) is 5.92 Å². The maximum absolute atomic E-state index is 12.5. The molecule has 1 aromatic heterocycles. The summed E-state index contributed by atoms with van der Waals surface area (Å²) in [4.78, 5) is 28.7. The van der Waals surface area contributed by atoms with Crippen molar-refractivity contribution in [2.75, 3.05) is 31.4 Å². The zero-order valence-corrected chi connectivity index (χ0v) is 19.4. The number of hydrogen-bond acceptors (Lipinski definition) is 10. The second kappa shape index (κ2) is 10.7. The van der Waals surface area contributed by atoms with Gasteiger partial charge in [0.2, 0.25) is 0 Å². The fraction of sp³-hybridized carbons (Fsp3) is 0.227. The Morgan fingerprint density at radius 3 is 2.06 bits per heavy atom. The van der Waals surface area contributed by atoms with Gasteiger partial charge in [-0.25, -0.2) is 18.1 Å². The number of benzene rings is 2. The maximum atomic E-state index is 12.5. The van der Waals surface area contributed by atoms with Gasteiger partial charge in [0.1, 0.15) is 12.0 Å². The summed E-state index contributed by atoms with van der Waals surface area (Å²) in [5.41, 5.74) is 1.01. The molecule has 34 heavy (non-hydrogen) atoms. The number of hydrogen-bond donors (Lipinski definition) is 2. The van der Waals surface area contributed by atoms with E-state index in [4.69, 9.17) is 18.6 Å². The maximum Gasteiger partial charge on any atom is 0.322 e. The van der Waals surface area contributed by atoms with E-state index in [9.17, 15) is 18.0 Å². The van der Waals surface area contributed by atoms with E-state index in [0.717, 1.165) is 0 Å². The van der Waals surface area contributed by atoms with Crippen molar-refractivity contribution in [3.8, 4) is 5.75 Å². The predicted octanol–water partition coefficient (Wildman–Crippen LogP) is 2.60. The number of ether oxygens (including phenoxy) is 3. The minimum atomic E-state index is -3.94. The van der Waals surface area contributed by atoms with Crippen molar-refractivity contribution in [1.29, 1.82) is 0 Å². The number of rotatable bonds is 10. The molecular formula is C22H23N3O8S. The second-order valence-corrected chi connectivity index (χ2v) is 8.57. The largest absolute Gasteiger partial charge is 0.497 e. The van der Waals surface area contributed by atoms with E-state index in [1.54, 1.807) is 24.3 Å². The SMILES string of the molecule is COC(=O)C(C(=O)OC)[C@H](Nc1ccc(S(=O)(=O)Nc2ncco2)cc1)c1ccc(OC)cc1. The van der Waals surface area contributed by atoms with Crippen molar-refractivity contribution < 1.29 is 36.6 Å². The lowest BCUT2D eigenvalue weighted by atomic mass is 9.92. The van der Waals surface area contributed by atoms with Gasteiger partial charge in [0.25, 0.3) is 10.0 Å². The number of sulfonamides is 1. The zero-order chi connectivity index (χ0) is 24.7. The molecule has 180 valence electrons. The van der Waals surface area contributed by atoms with Gasteiger partial charge < -0.3 is 23.9 Å². The lowest BCUT2D eigenvalue weighted by Gasteiger charge is -2.26. The molecule has 1 heterocycles. The lowest BCUT2D eigenvalue weighted by Crippen LogP contribution is -2.35. The number of nitrogens with one attached hydrogen (secondary N) is 2. The van der Waals surface area contributed by atoms with E-state index in [0.29, 0.717) is 17.0 Å². The Morgan fingerprint density at radius 2 is 1.56 bits per heavy atom. The van der Waals surface area contributed by atoms with Gasteiger partial charge >= 0.3 is 18.0 Å². The minimum Gasteiger partial charge on any atom is -0.497 e. The molecule has 0 saturated heterocycles. The Balaban J connectivity index is 1.92. The molecule has 3 rings (SSSR count). The van der Waals surface area contributed by atoms with Crippen LogP contribution in [0.4, 0.5) is 11.7 Å². The molecule has 2 N–H and O–H groups in total. The molecule has 0 spiro atoms. The Hall–Kier alpha value is -4.06. The zero-order valence-electron chi connectivity index (χ0n) is 18.5. The van der Waals surface area contributed by atoms with Crippen LogP contribution in [0.25, 0.3) is 0 Å². The van der Waals surface area contributed by atoms with Crippen molar-refractivity contribution >= 4 is 33.7 Å². The predicted molar refractivity (Wildman–Crippen MR) is 121 cm³/mol. The summed E-state index contributed by atoms with van der Waals surface area (Å²) in [5.74, 6) is -2.34. The van der Waals surface area contributed by atoms with E-state index in [-0.39, 0.29) is 10.9 Å². The Kier molecular flexibility index (Phi) is 7.74. The van der Waals surface area contributed by atoms with Crippen LogP contribution >= 0.6 is 0 Å². The number of esters is 2. The molecule has 0 fully saturated rings. The first-order chi connectivity index (χ1) is 16.3. The topological polar surface area (TPSA) is 146 Å². The Morgan fingerprint density at radius 1 is 0.941 bits per heavy atom. The third-order valence-electron chi connectivity index (χ3n) is 4.86. The highest BCUT2D eigenvalue weighted by Crippen LogP contribution is 2.31. The van der Waals surface area contributed by atoms with Gasteiger partial charge in [0, 0.05) is 5.69 Å². The molecule has 0 unspecified atom stereocenters. The van der Waals surface area contributed by atoms with E-state index in [1.165, 1.54) is 58.1 Å². The number of aromatic nitrogens is 1. The molecular weight excluding hydrogens is 466 g/mol. The molecule has 3 aromatic rings. The summed E-state index contributed by atoms with van der Waals surface area (Å²) in [6.07, 6.45) is 2.55. The average Bonchev–Trinajstić information content (AvgIpc) is 3.36. The van der Waals surface area contributed by atoms with Gasteiger partial charge in [-0.05, 0) is 42.0 Å². The van der Waals surface area contributed by atoms with Gasteiger partial charge in [0.05, 0.1) is 38.5 Å². The minimum absolute atomic E-state index is 0.0465. The van der Waals surface area contributed by atoms with E-state index >= 15 is 0 Å². The van der Waals surface area contributed by atoms with Crippen LogP contribution in [-0.4, -0.2) is 46.7 Å². The summed E-state index contributed by atoms with van der Waals surface area (Å²) < 4.78 is 47.0. The molecule has 2 aromatic carbocycles. The lowest BCUT2D eigenvalue weighted by molar-refractivity contribution is -0.159. The standard InChI is InChI=1S/C22H23N3O8S/c1-30-16-8-4-14(5-9-16)19(18(20(26)31-2)21(27)32-3)24-15-6-10-17(11-7-15)34(28,29)25-22-23-12-13-33-22/h4-13,18-19,24H,1-3H3,(H,23,25)/t19-/m1/s1. The highest BCUT2D eigenvalue weighted by Gasteiger charge is 2.38. The van der Waals surface area contributed by atoms with Crippen LogP contribution in [0.3, 0.4) is 0 Å². The summed E-state index contributed by atoms with van der Waals surface area (Å²) in [6, 6.07) is 11.4. The summed E-state index contributed by atoms with van der Waals surface area (Å²) in [6.45, 7) is 0. The van der Waals surface area contributed by atoms with Crippen molar-refractivity contribution in [2.45, 2.75) is 10.9 Å². The normalized spacial score (nSPS) is 12.0. The van der Waals surface area contributed by atoms with E-state index < -0.39 is 33.9 Å². The average molecular weight is 490 g/mol. The fourth-order valence-electron chi connectivity index (χ4n) is 3.15. The van der Waals surface area contributed by atoms with Crippen molar-refractivity contribution in [2.24, 2.45) is 5.92 Å². The first-order valence-corrected chi connectivity index (χ1v) is 11.4. The van der Waals surface area contributed by atoms with Crippen LogP contribution in [0.5, 0.6) is 5.75 Å². The highest BCUT2D eigenvalue weighted by atomic mass is 32.2. The Bertz CT molecular complexity index is 1190. The van der Waals surface area contributed by atoms with Gasteiger partial charge in [-0.15, -0.1) is 0 Å². The van der Waals surface area contributed by atoms with E-state index in [1.807, 2.05) is 0 Å². The molecule has 0 bridgehead atoms. The van der Waals surface area contributed by atoms with Crippen LogP contribution in [0.15, 0.2) is 70.3 Å². The monoisotopic (exact) mass is 489 g/mol. The molecule has 0 aliphatic carbocycles. The number of anilines is 2. The van der Waals surface area contributed by atoms with Crippen molar-refractivity contribution in [3.05, 3.63) is 66.6 Å². The molecule has 12 heteroatoms. The number of carbonyl (C=O) groups is 2. The molecule has 0 aliphatic rings. The quantitative estimate of drug-likeness (QED) is 0.322. The molecule has 0 saturated carbocycles. The number of carbonyl (C=O) groups excluding carboxylic acids is 2. The second-order valence-electron chi connectivity index (χ2n) is 6.89. The van der Waals surface area contributed by atoms with Crippen LogP contribution in [0.2, 0.25) is 0 Å². The van der Waals surface area contributed by atoms with Crippen LogP contribution < -0.4 is 14.8 Å². The molecule has 0 radical (unpaired) electrons. The van der Waals surface area contributed by atoms with Gasteiger partial charge in [-0.3, -0.25) is 9.59 Å². The van der Waals surface area contributed by atoms with Crippen molar-refractivity contribution in [3.63, 3.8) is 0 Å². The Labute approximate surface area is 196 Å². The number of methoxy groups -OCH3 is 3. The van der Waals surface area contributed by atoms with Gasteiger partial charge in [0.15, 0.2) is 5.92 Å². The van der Waals surface area contributed by atoms with Crippen molar-refractivity contribution in [1.82, 2.24) is 4.98 Å². The van der Waals surface area contributed by atoms with Gasteiger partial charge in [-0.1, -0.05) is 12.1 Å². The smallest absolute Gasteiger partial charge is 0.322 e. The fourth-order valence-corrected chi connectivity index (χ4v) is 4.09. The number of oxazole rings is 1. The van der Waals surface area contributed by atoms with Gasteiger partial charge in [-0.2, -0.15) is 0 Å². The van der Waals surface area contributed by atoms with Crippen LogP contribution in [0.1, 0.15) is 11.6 Å². The summed E-state index contributed by atoms with van der Waals surface area (Å²) in [5, 5.41) is 3.10. The summed E-state index contributed by atoms with van der Waals surface area (Å²) in [7, 11) is -0.0778. The third kappa shape index (κ3) is 5.64. The third-order valence-corrected chi connectivity index (χ3v) is 6.20. The molecule has 0 aliphatic heterocycles. The highest BCUT2D eigenvalue weighted by molar-refractivity contribution is 7.92. The van der Waals surface area contributed by atoms with Crippen LogP contribution in [-0.2, 0) is 29.1 Å². The number of nitrogens with zero attached hydrogens (tertiary/aromatic N) is 1. The summed E-state index contributed by atoms with van der Waals surface area (Å²) >= 11 is 0. The first kappa shape index (κ1) is 24.6. The molecule has 0 amide bonds. The van der Waals surface area contributed by atoms with E-state index in [2.05, 4.69) is 15.0 Å². The molecule has 11 nitrogen and oxygen atoms in total.